The first-order chi connectivity index (χ1) is 12.5. The van der Waals surface area contributed by atoms with E-state index in [1.807, 2.05) is 13.8 Å². The second kappa shape index (κ2) is 9.78. The number of hydrogen-bond acceptors (Lipinski definition) is 4. The molecule has 1 amide bonds. The molecule has 0 bridgehead atoms. The molecule has 1 aromatic carbocycles. The van der Waals surface area contributed by atoms with Crippen molar-refractivity contribution in [2.75, 3.05) is 32.8 Å². The Balaban J connectivity index is 2.06. The number of benzene rings is 1. The van der Waals surface area contributed by atoms with E-state index in [0.29, 0.717) is 26.1 Å². The zero-order chi connectivity index (χ0) is 19.1. The second-order valence-corrected chi connectivity index (χ2v) is 6.72. The van der Waals surface area contributed by atoms with Crippen LogP contribution in [0.25, 0.3) is 0 Å². The van der Waals surface area contributed by atoms with E-state index in [4.69, 9.17) is 0 Å². The Hall–Kier alpha value is -1.79. The lowest BCUT2D eigenvalue weighted by atomic mass is 9.99. The van der Waals surface area contributed by atoms with Crippen LogP contribution in [0.4, 0.5) is 4.39 Å². The Labute approximate surface area is 154 Å². The summed E-state index contributed by atoms with van der Waals surface area (Å²) in [7, 11) is 0. The average Bonchev–Trinajstić information content (AvgIpc) is 3.10. The first-order valence-corrected chi connectivity index (χ1v) is 9.45. The van der Waals surface area contributed by atoms with Gasteiger partial charge in [0.2, 0.25) is 0 Å². The summed E-state index contributed by atoms with van der Waals surface area (Å²) in [5.74, 6) is -0.838. The minimum atomic E-state index is -0.509. The number of halogens is 1. The van der Waals surface area contributed by atoms with Gasteiger partial charge in [-0.25, -0.2) is 4.39 Å². The molecule has 1 aliphatic heterocycles. The summed E-state index contributed by atoms with van der Waals surface area (Å²) >= 11 is 0. The van der Waals surface area contributed by atoms with Gasteiger partial charge in [-0.1, -0.05) is 6.07 Å². The van der Waals surface area contributed by atoms with Crippen molar-refractivity contribution < 1.29 is 19.1 Å². The predicted molar refractivity (Wildman–Crippen MR) is 98.7 cm³/mol. The van der Waals surface area contributed by atoms with Gasteiger partial charge in [0.1, 0.15) is 11.6 Å². The number of nitrogens with zero attached hydrogens (tertiary/aromatic N) is 2. The summed E-state index contributed by atoms with van der Waals surface area (Å²) in [6.07, 6.45) is 2.19. The van der Waals surface area contributed by atoms with Crippen LogP contribution in [0.5, 0.6) is 0 Å². The number of rotatable bonds is 9. The normalized spacial score (nSPS) is 17.5. The number of Topliss-reactive ketones (excluding diaryl/α,β-unsaturated/α-hetero) is 1. The Bertz CT molecular complexity index is 631. The quantitative estimate of drug-likeness (QED) is 0.730. The third-order valence-electron chi connectivity index (χ3n) is 5.16. The molecule has 0 saturated carbocycles. The van der Waals surface area contributed by atoms with Crippen molar-refractivity contribution in [1.29, 1.82) is 0 Å². The molecular formula is C20H29FN2O3. The fraction of sp³-hybridized carbons (Fsp3) is 0.600. The summed E-state index contributed by atoms with van der Waals surface area (Å²) < 4.78 is 14.3. The van der Waals surface area contributed by atoms with Gasteiger partial charge in [0.25, 0.3) is 5.91 Å². The Kier molecular flexibility index (Phi) is 7.72. The molecule has 1 fully saturated rings. The van der Waals surface area contributed by atoms with Crippen LogP contribution in [-0.4, -0.2) is 65.4 Å². The molecule has 2 rings (SSSR count). The molecule has 26 heavy (non-hydrogen) atoms. The predicted octanol–water partition coefficient (Wildman–Crippen LogP) is 2.27. The summed E-state index contributed by atoms with van der Waals surface area (Å²) in [6.45, 7) is 6.37. The summed E-state index contributed by atoms with van der Waals surface area (Å²) in [6, 6.07) is 4.52. The molecular weight excluding hydrogens is 335 g/mol. The van der Waals surface area contributed by atoms with Gasteiger partial charge < -0.3 is 10.0 Å². The van der Waals surface area contributed by atoms with Crippen LogP contribution in [0.15, 0.2) is 18.2 Å². The average molecular weight is 364 g/mol. The molecule has 1 aromatic rings. The number of ketones is 1. The lowest BCUT2D eigenvalue weighted by molar-refractivity contribution is -0.118. The molecule has 1 heterocycles. The van der Waals surface area contributed by atoms with Crippen LogP contribution in [0, 0.1) is 5.82 Å². The van der Waals surface area contributed by atoms with Gasteiger partial charge in [0, 0.05) is 49.6 Å². The summed E-state index contributed by atoms with van der Waals surface area (Å²) in [5, 5.41) is 9.35. The van der Waals surface area contributed by atoms with E-state index in [2.05, 4.69) is 4.90 Å². The van der Waals surface area contributed by atoms with Crippen molar-refractivity contribution in [1.82, 2.24) is 9.80 Å². The van der Waals surface area contributed by atoms with E-state index in [-0.39, 0.29) is 41.9 Å². The van der Waals surface area contributed by atoms with Crippen molar-refractivity contribution >= 4 is 11.7 Å². The van der Waals surface area contributed by atoms with Gasteiger partial charge in [-0.15, -0.1) is 0 Å². The Morgan fingerprint density at radius 2 is 2.04 bits per heavy atom. The third kappa shape index (κ3) is 4.89. The molecule has 144 valence electrons. The van der Waals surface area contributed by atoms with Crippen LogP contribution >= 0.6 is 0 Å². The molecule has 5 nitrogen and oxygen atoms in total. The van der Waals surface area contributed by atoms with Crippen molar-refractivity contribution in [3.63, 3.8) is 0 Å². The molecule has 1 atom stereocenters. The van der Waals surface area contributed by atoms with Gasteiger partial charge in [0.05, 0.1) is 6.61 Å². The van der Waals surface area contributed by atoms with Crippen LogP contribution < -0.4 is 0 Å². The second-order valence-electron chi connectivity index (χ2n) is 6.72. The SMILES string of the molecule is CCN(CC)C(=O)c1cccc(F)c1CC(=O)CCN1CCCC1CO. The van der Waals surface area contributed by atoms with E-state index < -0.39 is 5.82 Å². The minimum Gasteiger partial charge on any atom is -0.395 e. The molecule has 1 saturated heterocycles. The molecule has 1 aliphatic rings. The van der Waals surface area contributed by atoms with Gasteiger partial charge in [0.15, 0.2) is 0 Å². The lowest BCUT2D eigenvalue weighted by Gasteiger charge is -2.22. The van der Waals surface area contributed by atoms with Crippen molar-refractivity contribution in [3.8, 4) is 0 Å². The van der Waals surface area contributed by atoms with Crippen molar-refractivity contribution in [2.24, 2.45) is 0 Å². The van der Waals surface area contributed by atoms with Crippen molar-refractivity contribution in [3.05, 3.63) is 35.1 Å². The highest BCUT2D eigenvalue weighted by atomic mass is 19.1. The van der Waals surface area contributed by atoms with E-state index in [9.17, 15) is 19.1 Å². The van der Waals surface area contributed by atoms with E-state index in [1.165, 1.54) is 12.1 Å². The molecule has 0 radical (unpaired) electrons. The number of carbonyl (C=O) groups excluding carboxylic acids is 2. The lowest BCUT2D eigenvalue weighted by Crippen LogP contribution is -2.34. The minimum absolute atomic E-state index is 0.0767. The molecule has 0 aliphatic carbocycles. The monoisotopic (exact) mass is 364 g/mol. The molecule has 6 heteroatoms. The fourth-order valence-corrected chi connectivity index (χ4v) is 3.57. The number of carbonyl (C=O) groups is 2. The number of aliphatic hydroxyl groups is 1. The maximum absolute atomic E-state index is 14.3. The molecule has 1 N–H and O–H groups in total. The maximum atomic E-state index is 14.3. The Morgan fingerprint density at radius 1 is 1.31 bits per heavy atom. The van der Waals surface area contributed by atoms with E-state index in [1.54, 1.807) is 11.0 Å². The molecule has 1 unspecified atom stereocenters. The summed E-state index contributed by atoms with van der Waals surface area (Å²) in [5.41, 5.74) is 0.464. The molecule has 0 aromatic heterocycles. The van der Waals surface area contributed by atoms with Crippen LogP contribution in [-0.2, 0) is 11.2 Å². The third-order valence-corrected chi connectivity index (χ3v) is 5.16. The number of hydrogen-bond donors (Lipinski definition) is 1. The smallest absolute Gasteiger partial charge is 0.254 e. The first kappa shape index (κ1) is 20.5. The highest BCUT2D eigenvalue weighted by Crippen LogP contribution is 2.19. The number of aliphatic hydroxyl groups excluding tert-OH is 1. The topological polar surface area (TPSA) is 60.9 Å². The largest absolute Gasteiger partial charge is 0.395 e. The highest BCUT2D eigenvalue weighted by molar-refractivity contribution is 5.97. The zero-order valence-corrected chi connectivity index (χ0v) is 15.7. The van der Waals surface area contributed by atoms with E-state index >= 15 is 0 Å². The molecule has 0 spiro atoms. The Morgan fingerprint density at radius 3 is 2.69 bits per heavy atom. The van der Waals surface area contributed by atoms with Crippen LogP contribution in [0.3, 0.4) is 0 Å². The van der Waals surface area contributed by atoms with Gasteiger partial charge >= 0.3 is 0 Å². The number of amides is 1. The van der Waals surface area contributed by atoms with Gasteiger partial charge in [-0.3, -0.25) is 14.5 Å². The maximum Gasteiger partial charge on any atom is 0.254 e. The van der Waals surface area contributed by atoms with E-state index in [0.717, 1.165) is 19.4 Å². The van der Waals surface area contributed by atoms with Gasteiger partial charge in [-0.05, 0) is 45.4 Å². The standard InChI is InChI=1S/C20H29FN2O3/c1-3-22(4-2)20(26)17-8-5-9-19(21)18(17)13-16(25)10-12-23-11-6-7-15(23)14-24/h5,8-9,15,24H,3-4,6-7,10-14H2,1-2H3. The highest BCUT2D eigenvalue weighted by Gasteiger charge is 2.25. The fourth-order valence-electron chi connectivity index (χ4n) is 3.57. The number of likely N-dealkylation sites (tertiary alicyclic amines) is 1. The van der Waals surface area contributed by atoms with Gasteiger partial charge in [-0.2, -0.15) is 0 Å². The summed E-state index contributed by atoms with van der Waals surface area (Å²) in [4.78, 5) is 28.8. The van der Waals surface area contributed by atoms with Crippen molar-refractivity contribution in [2.45, 2.75) is 45.6 Å². The zero-order valence-electron chi connectivity index (χ0n) is 15.7. The van der Waals surface area contributed by atoms with Crippen LogP contribution in [0.1, 0.15) is 49.0 Å². The van der Waals surface area contributed by atoms with Crippen LogP contribution in [0.2, 0.25) is 0 Å². The first-order valence-electron chi connectivity index (χ1n) is 9.45.